The van der Waals surface area contributed by atoms with E-state index in [1.54, 1.807) is 24.3 Å². The van der Waals surface area contributed by atoms with E-state index in [9.17, 15) is 24.8 Å². The van der Waals surface area contributed by atoms with Crippen LogP contribution in [0.2, 0.25) is 0 Å². The SMILES string of the molecule is CCCOc1ccc(/C(O)=C2\C(=O)C(=O)N(CCCN3CCOCC3)[C@H]2c2ccc([N+](=O)[O-])cc2)cc1. The third-order valence-electron chi connectivity index (χ3n) is 6.54. The first-order valence-corrected chi connectivity index (χ1v) is 12.5. The quantitative estimate of drug-likeness (QED) is 0.170. The predicted octanol–water partition coefficient (Wildman–Crippen LogP) is 3.53. The maximum Gasteiger partial charge on any atom is 0.295 e. The topological polar surface area (TPSA) is 122 Å². The summed E-state index contributed by atoms with van der Waals surface area (Å²) in [7, 11) is 0. The molecule has 2 aromatic carbocycles. The van der Waals surface area contributed by atoms with Gasteiger partial charge in [0.15, 0.2) is 0 Å². The molecule has 4 rings (SSSR count). The first kappa shape index (κ1) is 26.3. The number of hydrogen-bond acceptors (Lipinski definition) is 8. The molecule has 2 aromatic rings. The summed E-state index contributed by atoms with van der Waals surface area (Å²) in [6.07, 6.45) is 1.48. The third kappa shape index (κ3) is 5.98. The molecule has 0 bridgehead atoms. The summed E-state index contributed by atoms with van der Waals surface area (Å²) in [4.78, 5) is 40.7. The fourth-order valence-electron chi connectivity index (χ4n) is 4.61. The molecule has 1 N–H and O–H groups in total. The van der Waals surface area contributed by atoms with Gasteiger partial charge in [0.25, 0.3) is 17.4 Å². The van der Waals surface area contributed by atoms with Crippen LogP contribution in [0.3, 0.4) is 0 Å². The van der Waals surface area contributed by atoms with Crippen LogP contribution in [0.4, 0.5) is 5.69 Å². The van der Waals surface area contributed by atoms with Gasteiger partial charge in [-0.2, -0.15) is 0 Å². The number of likely N-dealkylation sites (tertiary alicyclic amines) is 1. The summed E-state index contributed by atoms with van der Waals surface area (Å²) >= 11 is 0. The number of carbonyl (C=O) groups excluding carboxylic acids is 2. The van der Waals surface area contributed by atoms with E-state index in [2.05, 4.69) is 4.90 Å². The van der Waals surface area contributed by atoms with Crippen molar-refractivity contribution >= 4 is 23.1 Å². The molecule has 2 heterocycles. The van der Waals surface area contributed by atoms with Crippen LogP contribution in [0.25, 0.3) is 5.76 Å². The van der Waals surface area contributed by atoms with E-state index >= 15 is 0 Å². The largest absolute Gasteiger partial charge is 0.507 e. The molecule has 10 heteroatoms. The molecule has 1 atom stereocenters. The molecule has 0 unspecified atom stereocenters. The molecule has 0 aliphatic carbocycles. The van der Waals surface area contributed by atoms with Crippen LogP contribution in [0.15, 0.2) is 54.1 Å². The highest BCUT2D eigenvalue weighted by molar-refractivity contribution is 6.46. The fraction of sp³-hybridized carbons (Fsp3) is 0.407. The molecule has 2 aliphatic heterocycles. The first-order chi connectivity index (χ1) is 17.9. The first-order valence-electron chi connectivity index (χ1n) is 12.5. The van der Waals surface area contributed by atoms with Gasteiger partial charge in [0.2, 0.25) is 0 Å². The number of morpholine rings is 1. The number of amides is 1. The van der Waals surface area contributed by atoms with E-state index in [1.807, 2.05) is 6.92 Å². The fourth-order valence-corrected chi connectivity index (χ4v) is 4.61. The van der Waals surface area contributed by atoms with E-state index in [0.29, 0.717) is 49.7 Å². The van der Waals surface area contributed by atoms with Gasteiger partial charge in [0, 0.05) is 43.9 Å². The Bertz CT molecular complexity index is 1160. The molecular weight excluding hydrogens is 478 g/mol. The molecule has 2 saturated heterocycles. The Balaban J connectivity index is 1.65. The zero-order valence-corrected chi connectivity index (χ0v) is 20.8. The summed E-state index contributed by atoms with van der Waals surface area (Å²) in [5, 5.41) is 22.4. The van der Waals surface area contributed by atoms with Crippen LogP contribution in [0.1, 0.15) is 36.9 Å². The van der Waals surface area contributed by atoms with Crippen LogP contribution < -0.4 is 4.74 Å². The number of ether oxygens (including phenoxy) is 2. The molecule has 37 heavy (non-hydrogen) atoms. The number of aliphatic hydroxyl groups is 1. The molecule has 0 aromatic heterocycles. The van der Waals surface area contributed by atoms with Gasteiger partial charge in [-0.3, -0.25) is 24.6 Å². The van der Waals surface area contributed by atoms with Gasteiger partial charge in [0.05, 0.1) is 36.4 Å². The molecule has 10 nitrogen and oxygen atoms in total. The van der Waals surface area contributed by atoms with Crippen LogP contribution in [0.5, 0.6) is 5.75 Å². The number of Topliss-reactive ketones (excluding diaryl/α,β-unsaturated/α-hetero) is 1. The molecule has 0 spiro atoms. The van der Waals surface area contributed by atoms with Gasteiger partial charge in [-0.25, -0.2) is 0 Å². The van der Waals surface area contributed by atoms with E-state index in [-0.39, 0.29) is 17.0 Å². The lowest BCUT2D eigenvalue weighted by Crippen LogP contribution is -2.38. The molecule has 2 fully saturated rings. The minimum absolute atomic E-state index is 0.0348. The van der Waals surface area contributed by atoms with Crippen LogP contribution >= 0.6 is 0 Å². The van der Waals surface area contributed by atoms with Crippen molar-refractivity contribution in [2.45, 2.75) is 25.8 Å². The van der Waals surface area contributed by atoms with Gasteiger partial charge < -0.3 is 19.5 Å². The van der Waals surface area contributed by atoms with Gasteiger partial charge >= 0.3 is 0 Å². The number of nitrogens with zero attached hydrogens (tertiary/aromatic N) is 3. The molecule has 196 valence electrons. The Morgan fingerprint density at radius 1 is 1.08 bits per heavy atom. The van der Waals surface area contributed by atoms with Gasteiger partial charge in [0.1, 0.15) is 11.5 Å². The highest BCUT2D eigenvalue weighted by Gasteiger charge is 2.45. The van der Waals surface area contributed by atoms with E-state index in [4.69, 9.17) is 9.47 Å². The Morgan fingerprint density at radius 2 is 1.76 bits per heavy atom. The number of non-ortho nitro benzene ring substituents is 1. The van der Waals surface area contributed by atoms with Gasteiger partial charge in [-0.1, -0.05) is 6.92 Å². The van der Waals surface area contributed by atoms with Crippen molar-refractivity contribution in [3.05, 3.63) is 75.3 Å². The molecular formula is C27H31N3O7. The Morgan fingerprint density at radius 3 is 2.38 bits per heavy atom. The number of hydrogen-bond donors (Lipinski definition) is 1. The van der Waals surface area contributed by atoms with E-state index < -0.39 is 22.7 Å². The number of carbonyl (C=O) groups is 2. The van der Waals surface area contributed by atoms with Crippen molar-refractivity contribution in [2.24, 2.45) is 0 Å². The average Bonchev–Trinajstić information content (AvgIpc) is 3.17. The molecule has 2 aliphatic rings. The summed E-state index contributed by atoms with van der Waals surface area (Å²) in [5.74, 6) is -1.14. The van der Waals surface area contributed by atoms with Crippen LogP contribution in [0, 0.1) is 10.1 Å². The Labute approximate surface area is 215 Å². The second-order valence-electron chi connectivity index (χ2n) is 9.02. The molecule has 0 radical (unpaired) electrons. The monoisotopic (exact) mass is 509 g/mol. The van der Waals surface area contributed by atoms with Gasteiger partial charge in [-0.05, 0) is 54.8 Å². The highest BCUT2D eigenvalue weighted by atomic mass is 16.6. The lowest BCUT2D eigenvalue weighted by atomic mass is 9.95. The average molecular weight is 510 g/mol. The van der Waals surface area contributed by atoms with Crippen molar-refractivity contribution < 1.29 is 29.1 Å². The minimum Gasteiger partial charge on any atom is -0.507 e. The summed E-state index contributed by atoms with van der Waals surface area (Å²) in [5.41, 5.74) is 0.755. The van der Waals surface area contributed by atoms with Crippen molar-refractivity contribution in [3.8, 4) is 5.75 Å². The zero-order valence-electron chi connectivity index (χ0n) is 20.8. The number of ketones is 1. The standard InChI is InChI=1S/C27H31N3O7/c1-2-16-37-22-10-6-20(7-11-22)25(31)23-24(19-4-8-21(9-5-19)30(34)35)29(27(33)26(23)32)13-3-12-28-14-17-36-18-15-28/h4-11,24,31H,2-3,12-18H2,1H3/b25-23+/t24-/m0/s1. The number of benzene rings is 2. The summed E-state index contributed by atoms with van der Waals surface area (Å²) in [6.45, 7) is 6.53. The van der Waals surface area contributed by atoms with Crippen LogP contribution in [-0.2, 0) is 14.3 Å². The predicted molar refractivity (Wildman–Crippen MR) is 136 cm³/mol. The number of nitro groups is 1. The van der Waals surface area contributed by atoms with Crippen molar-refractivity contribution in [3.63, 3.8) is 0 Å². The van der Waals surface area contributed by atoms with Crippen molar-refractivity contribution in [1.29, 1.82) is 0 Å². The minimum atomic E-state index is -0.860. The lowest BCUT2D eigenvalue weighted by molar-refractivity contribution is -0.384. The maximum absolute atomic E-state index is 13.2. The Kier molecular flexibility index (Phi) is 8.52. The second kappa shape index (κ2) is 12.0. The zero-order chi connectivity index (χ0) is 26.4. The number of nitro benzene ring substituents is 1. The van der Waals surface area contributed by atoms with E-state index in [0.717, 1.165) is 26.1 Å². The lowest BCUT2D eigenvalue weighted by Gasteiger charge is -2.29. The molecule has 1 amide bonds. The summed E-state index contributed by atoms with van der Waals surface area (Å²) in [6, 6.07) is 11.5. The van der Waals surface area contributed by atoms with Gasteiger partial charge in [-0.15, -0.1) is 0 Å². The number of aliphatic hydroxyl groups excluding tert-OH is 1. The smallest absolute Gasteiger partial charge is 0.295 e. The number of rotatable bonds is 10. The second-order valence-corrected chi connectivity index (χ2v) is 9.02. The highest BCUT2D eigenvalue weighted by Crippen LogP contribution is 2.40. The maximum atomic E-state index is 13.2. The van der Waals surface area contributed by atoms with Crippen molar-refractivity contribution in [2.75, 3.05) is 46.0 Å². The third-order valence-corrected chi connectivity index (χ3v) is 6.54. The normalized spacial score (nSPS) is 19.8. The Hall–Kier alpha value is -3.76. The van der Waals surface area contributed by atoms with Crippen LogP contribution in [-0.4, -0.2) is 77.5 Å². The molecule has 0 saturated carbocycles. The summed E-state index contributed by atoms with van der Waals surface area (Å²) < 4.78 is 11.0. The van der Waals surface area contributed by atoms with Crippen molar-refractivity contribution in [1.82, 2.24) is 9.80 Å². The van der Waals surface area contributed by atoms with E-state index in [1.165, 1.54) is 29.2 Å².